The molecule has 1 aromatic carbocycles. The summed E-state index contributed by atoms with van der Waals surface area (Å²) in [5.74, 6) is 4.54. The maximum Gasteiger partial charge on any atom is 0.0246 e. The minimum atomic E-state index is -1.53. The molecule has 0 bridgehead atoms. The molecule has 0 spiro atoms. The van der Waals surface area contributed by atoms with Crippen molar-refractivity contribution in [1.82, 2.24) is 0 Å². The Balaban J connectivity index is 2.53. The average molecular weight is 220 g/mol. The summed E-state index contributed by atoms with van der Waals surface area (Å²) in [6, 6.07) is 8.91. The molecule has 0 aromatic heterocycles. The minimum absolute atomic E-state index is 1.30. The topological polar surface area (TPSA) is 0 Å². The maximum absolute atomic E-state index is 5.75. The fourth-order valence-corrected chi connectivity index (χ4v) is 5.51. The fourth-order valence-electron chi connectivity index (χ4n) is 1.63. The quantitative estimate of drug-likeness (QED) is 0.651. The molecule has 0 amide bonds. The summed E-state index contributed by atoms with van der Waals surface area (Å²) in [6.45, 7) is 4.28. The highest BCUT2D eigenvalue weighted by atomic mass is 32.4. The van der Waals surface area contributed by atoms with E-state index in [1.807, 2.05) is 6.07 Å². The van der Waals surface area contributed by atoms with Crippen molar-refractivity contribution in [3.63, 3.8) is 0 Å². The smallest absolute Gasteiger partial charge is 0.0246 e. The summed E-state index contributed by atoms with van der Waals surface area (Å²) in [4.78, 5) is 0. The number of rotatable bonds is 1. The highest BCUT2D eigenvalue weighted by Gasteiger charge is 2.19. The molecule has 2 rings (SSSR count). The summed E-state index contributed by atoms with van der Waals surface area (Å²) in [5, 5.41) is 1.30. The molecule has 0 aliphatic carbocycles. The Labute approximate surface area is 90.4 Å². The summed E-state index contributed by atoms with van der Waals surface area (Å²) in [7, 11) is 0. The Hall–Kier alpha value is -0.650. The van der Waals surface area contributed by atoms with Crippen LogP contribution in [0.25, 0.3) is 0 Å². The van der Waals surface area contributed by atoms with Crippen molar-refractivity contribution < 1.29 is 0 Å². The van der Waals surface area contributed by atoms with E-state index in [4.69, 9.17) is 11.8 Å². The van der Waals surface area contributed by atoms with Gasteiger partial charge in [-0.1, -0.05) is 42.1 Å². The molecule has 0 saturated carbocycles. The van der Waals surface area contributed by atoms with Crippen LogP contribution in [0.4, 0.5) is 0 Å². The van der Waals surface area contributed by atoms with Crippen LogP contribution in [0.2, 0.25) is 0 Å². The Bertz CT molecular complexity index is 432. The van der Waals surface area contributed by atoms with Crippen LogP contribution in [-0.2, 0) is 11.8 Å². The van der Waals surface area contributed by atoms with Gasteiger partial charge in [0.05, 0.1) is 0 Å². The second-order valence-corrected chi connectivity index (χ2v) is 7.93. The standard InChI is InChI=1S/C12H13PS/c1-10-8-13(14,9-11(10)2)12-6-4-3-5-7-12/h3-9H,1-2H3. The zero-order chi connectivity index (χ0) is 10.2. The molecule has 2 heteroatoms. The Kier molecular flexibility index (Phi) is 2.47. The molecule has 14 heavy (non-hydrogen) atoms. The van der Waals surface area contributed by atoms with Crippen LogP contribution in [0, 0.1) is 0 Å². The molecule has 1 aliphatic rings. The second-order valence-electron chi connectivity index (χ2n) is 3.67. The van der Waals surface area contributed by atoms with Crippen molar-refractivity contribution in [2.24, 2.45) is 0 Å². The number of benzene rings is 1. The first-order chi connectivity index (χ1) is 6.62. The third-order valence-electron chi connectivity index (χ3n) is 2.55. The van der Waals surface area contributed by atoms with Crippen LogP contribution >= 0.6 is 6.04 Å². The lowest BCUT2D eigenvalue weighted by molar-refractivity contribution is 1.39. The van der Waals surface area contributed by atoms with E-state index in [1.54, 1.807) is 0 Å². The van der Waals surface area contributed by atoms with E-state index < -0.39 is 6.04 Å². The van der Waals surface area contributed by atoms with Crippen LogP contribution in [0.3, 0.4) is 0 Å². The van der Waals surface area contributed by atoms with E-state index in [9.17, 15) is 0 Å². The minimum Gasteiger partial charge on any atom is -0.0838 e. The van der Waals surface area contributed by atoms with Crippen molar-refractivity contribution in [3.8, 4) is 0 Å². The monoisotopic (exact) mass is 220 g/mol. The van der Waals surface area contributed by atoms with Crippen molar-refractivity contribution >= 4 is 23.1 Å². The molecule has 0 nitrogen and oxygen atoms in total. The van der Waals surface area contributed by atoms with Gasteiger partial charge in [0, 0.05) is 6.04 Å². The summed E-state index contributed by atoms with van der Waals surface area (Å²) in [6.07, 6.45) is 0. The lowest BCUT2D eigenvalue weighted by Gasteiger charge is -2.10. The van der Waals surface area contributed by atoms with Gasteiger partial charge in [0.1, 0.15) is 0 Å². The largest absolute Gasteiger partial charge is 0.0838 e. The normalized spacial score (nSPS) is 19.0. The predicted octanol–water partition coefficient (Wildman–Crippen LogP) is 3.61. The first kappa shape index (κ1) is 9.89. The third kappa shape index (κ3) is 1.63. The van der Waals surface area contributed by atoms with Crippen LogP contribution in [0.15, 0.2) is 53.1 Å². The van der Waals surface area contributed by atoms with Crippen LogP contribution in [0.1, 0.15) is 13.8 Å². The summed E-state index contributed by atoms with van der Waals surface area (Å²) >= 11 is 5.75. The van der Waals surface area contributed by atoms with E-state index in [2.05, 4.69) is 49.7 Å². The second kappa shape index (κ2) is 3.49. The van der Waals surface area contributed by atoms with Gasteiger partial charge in [0.2, 0.25) is 0 Å². The number of allylic oxidation sites excluding steroid dienone is 2. The SMILES string of the molecule is CC1=CP(=S)(c2ccccc2)C=C1C. The lowest BCUT2D eigenvalue weighted by Crippen LogP contribution is -1.97. The highest BCUT2D eigenvalue weighted by Crippen LogP contribution is 2.55. The first-order valence-electron chi connectivity index (χ1n) is 4.66. The third-order valence-corrected chi connectivity index (χ3v) is 6.46. The highest BCUT2D eigenvalue weighted by molar-refractivity contribution is 8.21. The number of hydrogen-bond donors (Lipinski definition) is 0. The van der Waals surface area contributed by atoms with Crippen LogP contribution in [-0.4, -0.2) is 0 Å². The molecule has 0 unspecified atom stereocenters. The van der Waals surface area contributed by atoms with Crippen molar-refractivity contribution in [2.75, 3.05) is 0 Å². The average Bonchev–Trinajstić information content (AvgIpc) is 2.44. The van der Waals surface area contributed by atoms with Gasteiger partial charge in [-0.05, 0) is 41.9 Å². The summed E-state index contributed by atoms with van der Waals surface area (Å²) < 4.78 is 0. The van der Waals surface area contributed by atoms with E-state index in [0.717, 1.165) is 0 Å². The molecular weight excluding hydrogens is 207 g/mol. The van der Waals surface area contributed by atoms with Crippen molar-refractivity contribution in [3.05, 3.63) is 53.1 Å². The Morgan fingerprint density at radius 3 is 1.93 bits per heavy atom. The van der Waals surface area contributed by atoms with Gasteiger partial charge in [-0.25, -0.2) is 0 Å². The molecule has 1 aromatic rings. The zero-order valence-corrected chi connectivity index (χ0v) is 10.1. The van der Waals surface area contributed by atoms with Crippen LogP contribution < -0.4 is 5.30 Å². The Morgan fingerprint density at radius 2 is 1.43 bits per heavy atom. The van der Waals surface area contributed by atoms with Gasteiger partial charge in [0.25, 0.3) is 0 Å². The molecule has 1 aliphatic heterocycles. The molecule has 0 saturated heterocycles. The molecular formula is C12H13PS. The van der Waals surface area contributed by atoms with E-state index in [-0.39, 0.29) is 0 Å². The fraction of sp³-hybridized carbons (Fsp3) is 0.167. The van der Waals surface area contributed by atoms with Gasteiger partial charge < -0.3 is 0 Å². The van der Waals surface area contributed by atoms with E-state index in [1.165, 1.54) is 16.5 Å². The maximum atomic E-state index is 5.75. The molecule has 0 N–H and O–H groups in total. The molecule has 72 valence electrons. The van der Waals surface area contributed by atoms with E-state index >= 15 is 0 Å². The van der Waals surface area contributed by atoms with Gasteiger partial charge in [0.15, 0.2) is 0 Å². The molecule has 1 heterocycles. The molecule has 0 atom stereocenters. The van der Waals surface area contributed by atoms with E-state index in [0.29, 0.717) is 0 Å². The van der Waals surface area contributed by atoms with Crippen molar-refractivity contribution in [1.29, 1.82) is 0 Å². The summed E-state index contributed by atoms with van der Waals surface area (Å²) in [5.41, 5.74) is 2.69. The molecule has 0 fully saturated rings. The van der Waals surface area contributed by atoms with Gasteiger partial charge in [-0.3, -0.25) is 0 Å². The van der Waals surface area contributed by atoms with Crippen LogP contribution in [0.5, 0.6) is 0 Å². The van der Waals surface area contributed by atoms with Gasteiger partial charge in [-0.2, -0.15) is 0 Å². The van der Waals surface area contributed by atoms with Crippen molar-refractivity contribution in [2.45, 2.75) is 13.8 Å². The lowest BCUT2D eigenvalue weighted by atomic mass is 10.2. The molecule has 0 radical (unpaired) electrons. The zero-order valence-electron chi connectivity index (χ0n) is 8.40. The Morgan fingerprint density at radius 1 is 0.929 bits per heavy atom. The predicted molar refractivity (Wildman–Crippen MR) is 67.9 cm³/mol. The van der Waals surface area contributed by atoms with Gasteiger partial charge in [-0.15, -0.1) is 0 Å². The van der Waals surface area contributed by atoms with Gasteiger partial charge >= 0.3 is 0 Å². The number of hydrogen-bond acceptors (Lipinski definition) is 1. The first-order valence-corrected chi connectivity index (χ1v) is 7.60.